The van der Waals surface area contributed by atoms with Crippen LogP contribution in [0.2, 0.25) is 0 Å². The molecule has 1 aliphatic rings. The summed E-state index contributed by atoms with van der Waals surface area (Å²) >= 11 is 0. The van der Waals surface area contributed by atoms with Crippen molar-refractivity contribution in [3.05, 3.63) is 65.5 Å². The van der Waals surface area contributed by atoms with Crippen molar-refractivity contribution in [2.45, 2.75) is 38.1 Å². The lowest BCUT2D eigenvalue weighted by atomic mass is 9.96. The van der Waals surface area contributed by atoms with Gasteiger partial charge in [0, 0.05) is 11.8 Å². The molecule has 1 fully saturated rings. The summed E-state index contributed by atoms with van der Waals surface area (Å²) in [5, 5.41) is 0. The zero-order valence-corrected chi connectivity index (χ0v) is 12.4. The maximum atomic E-state index is 13.3. The maximum Gasteiger partial charge on any atom is 0.263 e. The molecule has 0 unspecified atom stereocenters. The van der Waals surface area contributed by atoms with E-state index in [-0.39, 0.29) is 11.9 Å². The Morgan fingerprint density at radius 1 is 1.09 bits per heavy atom. The first kappa shape index (κ1) is 14.7. The van der Waals surface area contributed by atoms with Crippen LogP contribution in [0.25, 0.3) is 0 Å². The Morgan fingerprint density at radius 2 is 1.91 bits per heavy atom. The van der Waals surface area contributed by atoms with Gasteiger partial charge < -0.3 is 0 Å². The lowest BCUT2D eigenvalue weighted by molar-refractivity contribution is 0.0954. The van der Waals surface area contributed by atoms with Crippen LogP contribution in [0.4, 0.5) is 4.39 Å². The van der Waals surface area contributed by atoms with Crippen molar-refractivity contribution in [2.24, 2.45) is 4.99 Å². The quantitative estimate of drug-likeness (QED) is 0.835. The molecule has 0 radical (unpaired) electrons. The largest absolute Gasteiger partial charge is 0.268 e. The van der Waals surface area contributed by atoms with Crippen molar-refractivity contribution >= 4 is 5.91 Å². The molecule has 0 amide bonds. The minimum Gasteiger partial charge on any atom is -0.268 e. The number of carbonyl (C=O) groups excluding carboxylic acids is 1. The molecule has 4 heteroatoms. The van der Waals surface area contributed by atoms with Gasteiger partial charge >= 0.3 is 0 Å². The van der Waals surface area contributed by atoms with Gasteiger partial charge in [0.05, 0.1) is 6.04 Å². The van der Waals surface area contributed by atoms with Crippen molar-refractivity contribution in [1.29, 1.82) is 0 Å². The Kier molecular flexibility index (Phi) is 4.47. The Morgan fingerprint density at radius 3 is 2.68 bits per heavy atom. The van der Waals surface area contributed by atoms with Gasteiger partial charge in [0.1, 0.15) is 11.3 Å². The average Bonchev–Trinajstić information content (AvgIpc) is 2.56. The second-order valence-electron chi connectivity index (χ2n) is 5.67. The Balaban J connectivity index is 1.97. The molecule has 0 aliphatic heterocycles. The minimum absolute atomic E-state index is 0.255. The third-order valence-electron chi connectivity index (χ3n) is 4.02. The summed E-state index contributed by atoms with van der Waals surface area (Å²) in [7, 11) is 0. The zero-order chi connectivity index (χ0) is 15.4. The van der Waals surface area contributed by atoms with Gasteiger partial charge in [-0.3, -0.25) is 14.4 Å². The molecule has 1 saturated carbocycles. The van der Waals surface area contributed by atoms with E-state index in [1.54, 1.807) is 24.4 Å². The molecule has 0 atom stereocenters. The monoisotopic (exact) mass is 298 g/mol. The molecule has 114 valence electrons. The van der Waals surface area contributed by atoms with Crippen LogP contribution in [0, 0.1) is 5.82 Å². The van der Waals surface area contributed by atoms with Gasteiger partial charge in [-0.1, -0.05) is 31.4 Å². The molecule has 3 rings (SSSR count). The highest BCUT2D eigenvalue weighted by Crippen LogP contribution is 2.19. The van der Waals surface area contributed by atoms with E-state index in [9.17, 15) is 9.18 Å². The van der Waals surface area contributed by atoms with Crippen LogP contribution < -0.4 is 5.49 Å². The maximum absolute atomic E-state index is 13.3. The second kappa shape index (κ2) is 6.69. The van der Waals surface area contributed by atoms with E-state index in [4.69, 9.17) is 4.99 Å². The molecule has 0 bridgehead atoms. The molecular weight excluding hydrogens is 279 g/mol. The van der Waals surface area contributed by atoms with Gasteiger partial charge in [-0.25, -0.2) is 4.39 Å². The normalized spacial score (nSPS) is 16.7. The molecule has 0 spiro atoms. The number of pyridine rings is 1. The fraction of sp³-hybridized carbons (Fsp3) is 0.333. The van der Waals surface area contributed by atoms with Crippen molar-refractivity contribution in [2.75, 3.05) is 0 Å². The smallest absolute Gasteiger partial charge is 0.263 e. The molecule has 22 heavy (non-hydrogen) atoms. The topological polar surface area (TPSA) is 34.4 Å². The summed E-state index contributed by atoms with van der Waals surface area (Å²) in [5.41, 5.74) is 0.972. The van der Waals surface area contributed by atoms with Gasteiger partial charge in [0.25, 0.3) is 5.91 Å². The summed E-state index contributed by atoms with van der Waals surface area (Å²) in [6, 6.07) is 11.5. The number of carbonyl (C=O) groups is 1. The molecule has 1 aromatic carbocycles. The lowest BCUT2D eigenvalue weighted by Crippen LogP contribution is -2.29. The minimum atomic E-state index is -0.409. The number of aromatic nitrogens is 1. The van der Waals surface area contributed by atoms with Gasteiger partial charge in [-0.15, -0.1) is 0 Å². The highest BCUT2D eigenvalue weighted by Gasteiger charge is 2.13. The van der Waals surface area contributed by atoms with Crippen molar-refractivity contribution < 1.29 is 9.18 Å². The highest BCUT2D eigenvalue weighted by molar-refractivity contribution is 5.95. The number of rotatable bonds is 2. The van der Waals surface area contributed by atoms with Crippen LogP contribution in [0.1, 0.15) is 42.5 Å². The number of hydrogen-bond acceptors (Lipinski definition) is 2. The Labute approximate surface area is 129 Å². The van der Waals surface area contributed by atoms with Crippen molar-refractivity contribution in [3.8, 4) is 0 Å². The van der Waals surface area contributed by atoms with Gasteiger partial charge in [0.2, 0.25) is 0 Å². The van der Waals surface area contributed by atoms with Gasteiger partial charge in [-0.05, 0) is 43.2 Å². The molecular formula is C18H19FN2O. The van der Waals surface area contributed by atoms with Crippen molar-refractivity contribution in [3.63, 3.8) is 0 Å². The van der Waals surface area contributed by atoms with E-state index in [0.717, 1.165) is 12.8 Å². The summed E-state index contributed by atoms with van der Waals surface area (Å²) in [6.07, 6.45) is 7.49. The number of hydrogen-bond donors (Lipinski definition) is 0. The lowest BCUT2D eigenvalue weighted by Gasteiger charge is -2.17. The predicted molar refractivity (Wildman–Crippen MR) is 83.0 cm³/mol. The molecule has 1 heterocycles. The van der Waals surface area contributed by atoms with Crippen LogP contribution in [0.3, 0.4) is 0 Å². The summed E-state index contributed by atoms with van der Waals surface area (Å²) in [6.45, 7) is 0. The summed E-state index contributed by atoms with van der Waals surface area (Å²) < 4.78 is 14.8. The van der Waals surface area contributed by atoms with E-state index in [1.165, 1.54) is 36.0 Å². The second-order valence-corrected chi connectivity index (χ2v) is 5.67. The van der Waals surface area contributed by atoms with Crippen LogP contribution in [-0.4, -0.2) is 16.5 Å². The van der Waals surface area contributed by atoms with E-state index in [2.05, 4.69) is 0 Å². The number of benzene rings is 1. The molecule has 3 nitrogen and oxygen atoms in total. The third kappa shape index (κ3) is 3.32. The van der Waals surface area contributed by atoms with E-state index >= 15 is 0 Å². The molecule has 0 saturated heterocycles. The number of nitrogens with zero attached hydrogens (tertiary/aromatic N) is 2. The molecule has 0 N–H and O–H groups in total. The fourth-order valence-electron chi connectivity index (χ4n) is 2.87. The average molecular weight is 298 g/mol. The standard InChI is InChI=1S/C18H19FN2O/c19-15-8-6-7-14(13-15)18(22)21-12-5-4-11-17(21)20-16-9-2-1-3-10-16/h4-8,11-13,16H,1-3,9-10H2. The Bertz CT molecular complexity index is 730. The first-order valence-corrected chi connectivity index (χ1v) is 7.76. The highest BCUT2D eigenvalue weighted by atomic mass is 19.1. The summed E-state index contributed by atoms with van der Waals surface area (Å²) in [5.74, 6) is -0.664. The molecule has 1 aromatic heterocycles. The molecule has 2 aromatic rings. The predicted octanol–water partition coefficient (Wildman–Crippen LogP) is 3.55. The van der Waals surface area contributed by atoms with Crippen LogP contribution >= 0.6 is 0 Å². The van der Waals surface area contributed by atoms with E-state index in [0.29, 0.717) is 11.1 Å². The van der Waals surface area contributed by atoms with Crippen LogP contribution in [0.15, 0.2) is 53.7 Å². The Hall–Kier alpha value is -2.23. The molecule has 1 aliphatic carbocycles. The van der Waals surface area contributed by atoms with Crippen molar-refractivity contribution in [1.82, 2.24) is 4.57 Å². The van der Waals surface area contributed by atoms with Gasteiger partial charge in [0.15, 0.2) is 0 Å². The zero-order valence-electron chi connectivity index (χ0n) is 12.4. The SMILES string of the molecule is O=C(c1cccc(F)c1)n1ccccc1=NC1CCCCC1. The first-order chi connectivity index (χ1) is 10.7. The first-order valence-electron chi connectivity index (χ1n) is 7.76. The van der Waals surface area contributed by atoms with E-state index < -0.39 is 5.82 Å². The fourth-order valence-corrected chi connectivity index (χ4v) is 2.87. The van der Waals surface area contributed by atoms with Crippen LogP contribution in [0.5, 0.6) is 0 Å². The summed E-state index contributed by atoms with van der Waals surface area (Å²) in [4.78, 5) is 17.3. The third-order valence-corrected chi connectivity index (χ3v) is 4.02. The van der Waals surface area contributed by atoms with Gasteiger partial charge in [-0.2, -0.15) is 0 Å². The van der Waals surface area contributed by atoms with Crippen LogP contribution in [-0.2, 0) is 0 Å². The number of halogens is 1. The van der Waals surface area contributed by atoms with E-state index in [1.807, 2.05) is 12.1 Å².